The Hall–Kier alpha value is -2.14. The maximum Gasteiger partial charge on any atom is 0.149 e. The molecule has 0 aliphatic heterocycles. The zero-order chi connectivity index (χ0) is 13.1. The first kappa shape index (κ1) is 12.3. The van der Waals surface area contributed by atoms with E-state index in [1.54, 1.807) is 6.07 Å². The van der Waals surface area contributed by atoms with Gasteiger partial charge in [-0.3, -0.25) is 5.41 Å². The van der Waals surface area contributed by atoms with Crippen LogP contribution in [0.1, 0.15) is 5.69 Å². The molecule has 92 valence electrons. The minimum atomic E-state index is -0.442. The monoisotopic (exact) mass is 265 g/mol. The van der Waals surface area contributed by atoms with Gasteiger partial charge in [0, 0.05) is 6.07 Å². The molecule has 2 rings (SSSR count). The highest BCUT2D eigenvalue weighted by Crippen LogP contribution is 2.29. The molecule has 1 aromatic carbocycles. The maximum atomic E-state index is 13.0. The number of aromatic nitrogens is 1. The fourth-order valence-electron chi connectivity index (χ4n) is 1.28. The quantitative estimate of drug-likeness (QED) is 0.662. The number of nitrogens with zero attached hydrogens (tertiary/aromatic N) is 1. The summed E-state index contributed by atoms with van der Waals surface area (Å²) in [7, 11) is 0. The predicted molar refractivity (Wildman–Crippen MR) is 66.7 cm³/mol. The van der Waals surface area contributed by atoms with Crippen molar-refractivity contribution in [1.82, 2.24) is 4.98 Å². The van der Waals surface area contributed by atoms with Crippen LogP contribution in [0.5, 0.6) is 11.5 Å². The highest BCUT2D eigenvalue weighted by molar-refractivity contribution is 6.32. The highest BCUT2D eigenvalue weighted by atomic mass is 35.5. The van der Waals surface area contributed by atoms with Gasteiger partial charge in [0.15, 0.2) is 0 Å². The molecular weight excluding hydrogens is 257 g/mol. The standard InChI is InChI=1S/C12H9ClFN3O/c13-9-3-1-7(14)5-11(9)18-8-2-4-10(12(15)16)17-6-8/h1-6H,(H3,15,16). The van der Waals surface area contributed by atoms with E-state index in [0.717, 1.165) is 0 Å². The number of benzene rings is 1. The predicted octanol–water partition coefficient (Wildman–Crippen LogP) is 2.95. The van der Waals surface area contributed by atoms with Gasteiger partial charge in [-0.15, -0.1) is 0 Å². The van der Waals surface area contributed by atoms with E-state index in [2.05, 4.69) is 4.98 Å². The van der Waals surface area contributed by atoms with Crippen molar-refractivity contribution in [2.24, 2.45) is 5.73 Å². The molecule has 2 aromatic rings. The SMILES string of the molecule is N=C(N)c1ccc(Oc2cc(F)ccc2Cl)cn1. The van der Waals surface area contributed by atoms with E-state index in [0.29, 0.717) is 16.5 Å². The first-order valence-corrected chi connectivity index (χ1v) is 5.37. The summed E-state index contributed by atoms with van der Waals surface area (Å²) in [6, 6.07) is 6.94. The fraction of sp³-hybridized carbons (Fsp3) is 0. The number of nitrogens with two attached hydrogens (primary N) is 1. The summed E-state index contributed by atoms with van der Waals surface area (Å²) in [5.41, 5.74) is 5.61. The van der Waals surface area contributed by atoms with Gasteiger partial charge in [0.05, 0.1) is 11.2 Å². The molecule has 6 heteroatoms. The topological polar surface area (TPSA) is 72.0 Å². The Bertz CT molecular complexity index is 586. The summed E-state index contributed by atoms with van der Waals surface area (Å²) in [6.45, 7) is 0. The minimum Gasteiger partial charge on any atom is -0.454 e. The van der Waals surface area contributed by atoms with Crippen LogP contribution in [-0.4, -0.2) is 10.8 Å². The molecule has 0 saturated carbocycles. The van der Waals surface area contributed by atoms with Crippen molar-refractivity contribution in [3.63, 3.8) is 0 Å². The molecule has 0 atom stereocenters. The van der Waals surface area contributed by atoms with E-state index in [9.17, 15) is 4.39 Å². The maximum absolute atomic E-state index is 13.0. The highest BCUT2D eigenvalue weighted by Gasteiger charge is 2.06. The van der Waals surface area contributed by atoms with E-state index >= 15 is 0 Å². The van der Waals surface area contributed by atoms with Gasteiger partial charge in [0.2, 0.25) is 0 Å². The lowest BCUT2D eigenvalue weighted by Gasteiger charge is -2.07. The minimum absolute atomic E-state index is 0.134. The first-order chi connectivity index (χ1) is 8.56. The van der Waals surface area contributed by atoms with Crippen molar-refractivity contribution in [3.8, 4) is 11.5 Å². The third-order valence-corrected chi connectivity index (χ3v) is 2.45. The third-order valence-electron chi connectivity index (χ3n) is 2.13. The average molecular weight is 266 g/mol. The Balaban J connectivity index is 2.23. The number of nitrogen functional groups attached to an aromatic ring is 1. The van der Waals surface area contributed by atoms with Gasteiger partial charge in [0.1, 0.15) is 28.8 Å². The number of hydrogen-bond donors (Lipinski definition) is 2. The normalized spacial score (nSPS) is 10.1. The van der Waals surface area contributed by atoms with Crippen LogP contribution < -0.4 is 10.5 Å². The summed E-state index contributed by atoms with van der Waals surface area (Å²) in [5, 5.41) is 7.49. The Kier molecular flexibility index (Phi) is 3.43. The lowest BCUT2D eigenvalue weighted by atomic mass is 10.3. The molecule has 18 heavy (non-hydrogen) atoms. The molecule has 0 bridgehead atoms. The van der Waals surface area contributed by atoms with Crippen LogP contribution in [-0.2, 0) is 0 Å². The zero-order valence-corrected chi connectivity index (χ0v) is 9.91. The number of amidine groups is 1. The molecule has 0 spiro atoms. The van der Waals surface area contributed by atoms with Crippen molar-refractivity contribution in [1.29, 1.82) is 5.41 Å². The Morgan fingerprint density at radius 3 is 2.72 bits per heavy atom. The summed E-state index contributed by atoms with van der Waals surface area (Å²) >= 11 is 5.86. The molecule has 0 aliphatic rings. The molecule has 0 fully saturated rings. The Morgan fingerprint density at radius 1 is 1.33 bits per heavy atom. The molecule has 0 amide bonds. The van der Waals surface area contributed by atoms with Crippen molar-refractivity contribution in [2.45, 2.75) is 0 Å². The number of ether oxygens (including phenoxy) is 1. The van der Waals surface area contributed by atoms with Crippen LogP contribution >= 0.6 is 11.6 Å². The second kappa shape index (κ2) is 5.01. The van der Waals surface area contributed by atoms with E-state index < -0.39 is 5.82 Å². The van der Waals surface area contributed by atoms with Crippen molar-refractivity contribution < 1.29 is 9.13 Å². The average Bonchev–Trinajstić information content (AvgIpc) is 2.34. The second-order valence-electron chi connectivity index (χ2n) is 3.47. The van der Waals surface area contributed by atoms with Gasteiger partial charge in [0.25, 0.3) is 0 Å². The van der Waals surface area contributed by atoms with E-state index in [1.807, 2.05) is 0 Å². The number of rotatable bonds is 3. The number of hydrogen-bond acceptors (Lipinski definition) is 3. The van der Waals surface area contributed by atoms with Gasteiger partial charge in [-0.2, -0.15) is 0 Å². The molecule has 0 aliphatic carbocycles. The van der Waals surface area contributed by atoms with Gasteiger partial charge in [-0.05, 0) is 24.3 Å². The lowest BCUT2D eigenvalue weighted by Crippen LogP contribution is -2.12. The van der Waals surface area contributed by atoms with Gasteiger partial charge < -0.3 is 10.5 Å². The smallest absolute Gasteiger partial charge is 0.149 e. The lowest BCUT2D eigenvalue weighted by molar-refractivity contribution is 0.474. The van der Waals surface area contributed by atoms with E-state index in [4.69, 9.17) is 27.5 Å². The molecule has 1 heterocycles. The van der Waals surface area contributed by atoms with Gasteiger partial charge in [-0.1, -0.05) is 11.6 Å². The Labute approximate surface area is 108 Å². The molecular formula is C12H9ClFN3O. The summed E-state index contributed by atoms with van der Waals surface area (Å²) in [4.78, 5) is 3.92. The molecule has 4 nitrogen and oxygen atoms in total. The number of nitrogens with one attached hydrogen (secondary N) is 1. The zero-order valence-electron chi connectivity index (χ0n) is 9.15. The summed E-state index contributed by atoms with van der Waals surface area (Å²) in [5.74, 6) is 0.00888. The van der Waals surface area contributed by atoms with E-state index in [-0.39, 0.29) is 11.6 Å². The van der Waals surface area contributed by atoms with Crippen LogP contribution in [0.25, 0.3) is 0 Å². The van der Waals surface area contributed by atoms with Crippen LogP contribution in [0.2, 0.25) is 5.02 Å². The van der Waals surface area contributed by atoms with Crippen LogP contribution in [0.3, 0.4) is 0 Å². The molecule has 0 saturated heterocycles. The molecule has 1 aromatic heterocycles. The molecule has 0 radical (unpaired) electrons. The fourth-order valence-corrected chi connectivity index (χ4v) is 1.44. The van der Waals surface area contributed by atoms with Crippen LogP contribution in [0.15, 0.2) is 36.5 Å². The van der Waals surface area contributed by atoms with Crippen LogP contribution in [0, 0.1) is 11.2 Å². The van der Waals surface area contributed by atoms with Gasteiger partial charge >= 0.3 is 0 Å². The van der Waals surface area contributed by atoms with Crippen LogP contribution in [0.4, 0.5) is 4.39 Å². The van der Waals surface area contributed by atoms with Crippen molar-refractivity contribution >= 4 is 17.4 Å². The second-order valence-corrected chi connectivity index (χ2v) is 3.88. The first-order valence-electron chi connectivity index (χ1n) is 4.99. The largest absolute Gasteiger partial charge is 0.454 e. The van der Waals surface area contributed by atoms with Crippen molar-refractivity contribution in [2.75, 3.05) is 0 Å². The summed E-state index contributed by atoms with van der Waals surface area (Å²) < 4.78 is 18.4. The number of pyridine rings is 1. The Morgan fingerprint density at radius 2 is 2.11 bits per heavy atom. The molecule has 3 N–H and O–H groups in total. The third kappa shape index (κ3) is 2.75. The summed E-state index contributed by atoms with van der Waals surface area (Å²) in [6.07, 6.45) is 1.39. The number of halogens is 2. The van der Waals surface area contributed by atoms with Gasteiger partial charge in [-0.25, -0.2) is 9.37 Å². The van der Waals surface area contributed by atoms with E-state index in [1.165, 1.54) is 30.5 Å². The molecule has 0 unspecified atom stereocenters. The van der Waals surface area contributed by atoms with Crippen molar-refractivity contribution in [3.05, 3.63) is 53.1 Å².